The van der Waals surface area contributed by atoms with E-state index in [1.165, 1.54) is 57.8 Å². The predicted octanol–water partition coefficient (Wildman–Crippen LogP) is 4.80. The van der Waals surface area contributed by atoms with Crippen molar-refractivity contribution in [3.05, 3.63) is 0 Å². The number of phosphoric acid groups is 1. The molecule has 0 aromatic carbocycles. The Balaban J connectivity index is 3.63. The summed E-state index contributed by atoms with van der Waals surface area (Å²) >= 11 is 0. The van der Waals surface area contributed by atoms with E-state index in [1.54, 1.807) is 0 Å². The number of carbonyl (C=O) groups excluding carboxylic acids is 1. The van der Waals surface area contributed by atoms with E-state index in [-0.39, 0.29) is 31.5 Å². The van der Waals surface area contributed by atoms with E-state index in [1.807, 2.05) is 6.92 Å². The normalized spacial score (nSPS) is 15.1. The van der Waals surface area contributed by atoms with Crippen LogP contribution in [0, 0.1) is 5.92 Å². The highest BCUT2D eigenvalue weighted by molar-refractivity contribution is 7.47. The van der Waals surface area contributed by atoms with Gasteiger partial charge in [0.25, 0.3) is 0 Å². The summed E-state index contributed by atoms with van der Waals surface area (Å²) in [6.45, 7) is 3.33. The Kier molecular flexibility index (Phi) is 18.9. The first-order valence-electron chi connectivity index (χ1n) is 12.0. The minimum Gasteiger partial charge on any atom is -0.480 e. The van der Waals surface area contributed by atoms with Gasteiger partial charge in [-0.25, -0.2) is 4.57 Å². The van der Waals surface area contributed by atoms with Crippen LogP contribution in [0.15, 0.2) is 0 Å². The Bertz CT molecular complexity index is 546. The molecule has 4 N–H and O–H groups in total. The SMILES string of the molecule is CCCCCCCCCCCCCC(C)C(=O)OCCCOP(=O)(O)OC[C@H](N)C(=O)O. The number of carboxylic acids is 1. The first-order valence-corrected chi connectivity index (χ1v) is 13.5. The molecule has 0 aliphatic carbocycles. The predicted molar refractivity (Wildman–Crippen MR) is 123 cm³/mol. The molecule has 3 atom stereocenters. The minimum absolute atomic E-state index is 0.0655. The fourth-order valence-corrected chi connectivity index (χ4v) is 3.85. The van der Waals surface area contributed by atoms with E-state index in [9.17, 15) is 19.0 Å². The number of carboxylic acid groups (broad SMARTS) is 1. The average molecular weight is 482 g/mol. The third-order valence-corrected chi connectivity index (χ3v) is 6.15. The molecule has 10 heteroatoms. The topological polar surface area (TPSA) is 145 Å². The molecule has 0 aromatic heterocycles. The second-order valence-electron chi connectivity index (χ2n) is 8.29. The number of phosphoric ester groups is 1. The maximum absolute atomic E-state index is 12.0. The van der Waals surface area contributed by atoms with Crippen molar-refractivity contribution in [2.75, 3.05) is 19.8 Å². The number of aliphatic carboxylic acids is 1. The van der Waals surface area contributed by atoms with E-state index in [4.69, 9.17) is 20.1 Å². The number of unbranched alkanes of at least 4 members (excludes halogenated alkanes) is 10. The molecular weight excluding hydrogens is 437 g/mol. The maximum atomic E-state index is 12.0. The van der Waals surface area contributed by atoms with Crippen LogP contribution in [0.1, 0.15) is 97.3 Å². The smallest absolute Gasteiger partial charge is 0.472 e. The first kappa shape index (κ1) is 31.0. The van der Waals surface area contributed by atoms with Crippen molar-refractivity contribution in [1.82, 2.24) is 0 Å². The zero-order chi connectivity index (χ0) is 24.2. The first-order chi connectivity index (χ1) is 15.2. The van der Waals surface area contributed by atoms with Crippen LogP contribution >= 0.6 is 7.82 Å². The molecule has 0 saturated carbocycles. The summed E-state index contributed by atoms with van der Waals surface area (Å²) in [5, 5.41) is 8.60. The number of hydrogen-bond donors (Lipinski definition) is 3. The lowest BCUT2D eigenvalue weighted by Crippen LogP contribution is -2.34. The fraction of sp³-hybridized carbons (Fsp3) is 0.909. The van der Waals surface area contributed by atoms with Gasteiger partial charge in [-0.1, -0.05) is 84.5 Å². The molecule has 0 radical (unpaired) electrons. The number of nitrogens with two attached hydrogens (primary N) is 1. The van der Waals surface area contributed by atoms with Gasteiger partial charge in [0, 0.05) is 6.42 Å². The molecule has 0 aliphatic rings. The van der Waals surface area contributed by atoms with Gasteiger partial charge in [0.1, 0.15) is 6.04 Å². The Morgan fingerprint density at radius 2 is 1.41 bits per heavy atom. The number of hydrogen-bond acceptors (Lipinski definition) is 7. The van der Waals surface area contributed by atoms with E-state index in [0.717, 1.165) is 19.3 Å². The second kappa shape index (κ2) is 19.5. The van der Waals surface area contributed by atoms with Crippen LogP contribution in [-0.2, 0) is 27.9 Å². The summed E-state index contributed by atoms with van der Waals surface area (Å²) in [5.41, 5.74) is 5.18. The van der Waals surface area contributed by atoms with Crippen LogP contribution in [0.3, 0.4) is 0 Å². The summed E-state index contributed by atoms with van der Waals surface area (Å²) < 4.78 is 25.9. The summed E-state index contributed by atoms with van der Waals surface area (Å²) in [6.07, 6.45) is 14.9. The molecule has 190 valence electrons. The molecule has 0 heterocycles. The molecule has 0 fully saturated rings. The number of esters is 1. The van der Waals surface area contributed by atoms with Crippen molar-refractivity contribution in [2.45, 2.75) is 103 Å². The van der Waals surface area contributed by atoms with Gasteiger partial charge in [0.15, 0.2) is 0 Å². The van der Waals surface area contributed by atoms with E-state index in [2.05, 4.69) is 11.4 Å². The fourth-order valence-electron chi connectivity index (χ4n) is 3.07. The summed E-state index contributed by atoms with van der Waals surface area (Å²) in [5.74, 6) is -1.81. The number of ether oxygens (including phenoxy) is 1. The Hall–Kier alpha value is -0.990. The quantitative estimate of drug-likeness (QED) is 0.113. The lowest BCUT2D eigenvalue weighted by molar-refractivity contribution is -0.148. The largest absolute Gasteiger partial charge is 0.480 e. The molecular formula is C22H44NO8P. The van der Waals surface area contributed by atoms with Gasteiger partial charge in [0.2, 0.25) is 0 Å². The molecule has 0 spiro atoms. The van der Waals surface area contributed by atoms with Crippen LogP contribution in [0.4, 0.5) is 0 Å². The maximum Gasteiger partial charge on any atom is 0.472 e. The highest BCUT2D eigenvalue weighted by Crippen LogP contribution is 2.43. The molecule has 0 bridgehead atoms. The summed E-state index contributed by atoms with van der Waals surface area (Å²) in [4.78, 5) is 32.0. The summed E-state index contributed by atoms with van der Waals surface area (Å²) in [7, 11) is -4.39. The van der Waals surface area contributed by atoms with Crippen molar-refractivity contribution in [3.63, 3.8) is 0 Å². The van der Waals surface area contributed by atoms with Gasteiger partial charge < -0.3 is 20.5 Å². The highest BCUT2D eigenvalue weighted by atomic mass is 31.2. The van der Waals surface area contributed by atoms with Crippen molar-refractivity contribution < 1.29 is 37.9 Å². The third kappa shape index (κ3) is 18.6. The van der Waals surface area contributed by atoms with Crippen molar-refractivity contribution in [3.8, 4) is 0 Å². The van der Waals surface area contributed by atoms with Crippen molar-refractivity contribution >= 4 is 19.8 Å². The monoisotopic (exact) mass is 481 g/mol. The molecule has 0 amide bonds. The molecule has 0 aromatic rings. The summed E-state index contributed by atoms with van der Waals surface area (Å²) in [6, 6.07) is -1.41. The Morgan fingerprint density at radius 1 is 0.875 bits per heavy atom. The van der Waals surface area contributed by atoms with Crippen LogP contribution in [0.25, 0.3) is 0 Å². The molecule has 0 saturated heterocycles. The molecule has 32 heavy (non-hydrogen) atoms. The lowest BCUT2D eigenvalue weighted by Gasteiger charge is -2.14. The number of carbonyl (C=O) groups is 2. The average Bonchev–Trinajstić information content (AvgIpc) is 2.75. The van der Waals surface area contributed by atoms with Crippen LogP contribution in [-0.4, -0.2) is 47.8 Å². The van der Waals surface area contributed by atoms with E-state index in [0.29, 0.717) is 0 Å². The van der Waals surface area contributed by atoms with Gasteiger partial charge >= 0.3 is 19.8 Å². The van der Waals surface area contributed by atoms with Crippen LogP contribution in [0.5, 0.6) is 0 Å². The highest BCUT2D eigenvalue weighted by Gasteiger charge is 2.24. The second-order valence-corrected chi connectivity index (χ2v) is 9.74. The molecule has 0 aliphatic heterocycles. The van der Waals surface area contributed by atoms with E-state index >= 15 is 0 Å². The van der Waals surface area contributed by atoms with Gasteiger partial charge in [-0.05, 0) is 6.42 Å². The van der Waals surface area contributed by atoms with Gasteiger partial charge in [-0.2, -0.15) is 0 Å². The Morgan fingerprint density at radius 3 is 1.94 bits per heavy atom. The number of rotatable bonds is 22. The Labute approximate surface area is 193 Å². The zero-order valence-electron chi connectivity index (χ0n) is 19.8. The standard InChI is InChI=1S/C22H44NO8P/c1-3-4-5-6-7-8-9-10-11-12-13-15-19(2)22(26)29-16-14-17-30-32(27,28)31-18-20(23)21(24)25/h19-20H,3-18,23H2,1-2H3,(H,24,25)(H,27,28)/t19?,20-/m0/s1. The van der Waals surface area contributed by atoms with Gasteiger partial charge in [-0.3, -0.25) is 18.6 Å². The molecule has 9 nitrogen and oxygen atoms in total. The van der Waals surface area contributed by atoms with Gasteiger partial charge in [-0.15, -0.1) is 0 Å². The molecule has 2 unspecified atom stereocenters. The van der Waals surface area contributed by atoms with Crippen LogP contribution in [0.2, 0.25) is 0 Å². The zero-order valence-corrected chi connectivity index (χ0v) is 20.7. The third-order valence-electron chi connectivity index (χ3n) is 5.16. The van der Waals surface area contributed by atoms with E-state index < -0.39 is 26.4 Å². The van der Waals surface area contributed by atoms with Crippen molar-refractivity contribution in [2.24, 2.45) is 11.7 Å². The van der Waals surface area contributed by atoms with Gasteiger partial charge in [0.05, 0.1) is 25.7 Å². The lowest BCUT2D eigenvalue weighted by atomic mass is 10.0. The molecule has 0 rings (SSSR count). The minimum atomic E-state index is -4.39. The van der Waals surface area contributed by atoms with Crippen LogP contribution < -0.4 is 5.73 Å². The van der Waals surface area contributed by atoms with Crippen molar-refractivity contribution in [1.29, 1.82) is 0 Å².